The van der Waals surface area contributed by atoms with E-state index in [2.05, 4.69) is 5.32 Å². The molecule has 0 saturated carbocycles. The van der Waals surface area contributed by atoms with Crippen molar-refractivity contribution < 1.29 is 59.1 Å². The van der Waals surface area contributed by atoms with Crippen LogP contribution in [0, 0.1) is 0 Å². The highest BCUT2D eigenvalue weighted by Crippen LogP contribution is 2.04. The molecule has 16 heteroatoms. The SMILES string of the molecule is NC(CO)C(=O)NC(CCC(=O)O)C(=O)NC(CC(=O)O)C(=O)NC(CCC(=O)O)C(=O)O. The first-order valence-electron chi connectivity index (χ1n) is 9.44. The molecule has 33 heavy (non-hydrogen) atoms. The van der Waals surface area contributed by atoms with E-state index in [9.17, 15) is 33.6 Å². The van der Waals surface area contributed by atoms with Crippen LogP contribution in [0.15, 0.2) is 0 Å². The van der Waals surface area contributed by atoms with Gasteiger partial charge >= 0.3 is 23.9 Å². The summed E-state index contributed by atoms with van der Waals surface area (Å²) in [6, 6.07) is -6.59. The molecule has 0 spiro atoms. The van der Waals surface area contributed by atoms with Gasteiger partial charge < -0.3 is 47.2 Å². The first-order chi connectivity index (χ1) is 15.3. The van der Waals surface area contributed by atoms with Crippen LogP contribution in [0.2, 0.25) is 0 Å². The number of aliphatic carboxylic acids is 4. The van der Waals surface area contributed by atoms with Crippen molar-refractivity contribution >= 4 is 41.6 Å². The fourth-order valence-electron chi connectivity index (χ4n) is 2.35. The van der Waals surface area contributed by atoms with Crippen LogP contribution in [-0.2, 0) is 33.6 Å². The molecule has 0 aliphatic heterocycles. The fourth-order valence-corrected chi connectivity index (χ4v) is 2.35. The Morgan fingerprint density at radius 1 is 0.636 bits per heavy atom. The molecule has 0 aromatic heterocycles. The predicted octanol–water partition coefficient (Wildman–Crippen LogP) is -3.95. The molecule has 0 aliphatic rings. The molecule has 0 radical (unpaired) electrons. The van der Waals surface area contributed by atoms with E-state index < -0.39 is 104 Å². The van der Waals surface area contributed by atoms with Crippen LogP contribution in [0.1, 0.15) is 32.1 Å². The molecule has 0 fully saturated rings. The number of carboxylic acids is 4. The van der Waals surface area contributed by atoms with Crippen LogP contribution >= 0.6 is 0 Å². The van der Waals surface area contributed by atoms with Crippen molar-refractivity contribution in [2.75, 3.05) is 6.61 Å². The molecule has 0 aromatic rings. The Labute approximate surface area is 186 Å². The zero-order valence-electron chi connectivity index (χ0n) is 17.2. The minimum atomic E-state index is -1.85. The fraction of sp³-hybridized carbons (Fsp3) is 0.588. The number of hydrogen-bond acceptors (Lipinski definition) is 9. The van der Waals surface area contributed by atoms with Crippen molar-refractivity contribution in [2.24, 2.45) is 5.73 Å². The minimum absolute atomic E-state index is 0.483. The van der Waals surface area contributed by atoms with Gasteiger partial charge in [-0.05, 0) is 12.8 Å². The Kier molecular flexibility index (Phi) is 12.7. The van der Waals surface area contributed by atoms with E-state index in [1.165, 1.54) is 0 Å². The molecular weight excluding hydrogens is 452 g/mol. The standard InChI is InChI=1S/C17H26N4O12/c18-7(6-22)14(29)19-8(1-3-11(23)24)15(30)21-10(5-13(27)28)16(31)20-9(17(32)33)2-4-12(25)26/h7-10,22H,1-6,18H2,(H,19,29)(H,20,31)(H,21,30)(H,23,24)(H,25,26)(H,27,28)(H,32,33). The van der Waals surface area contributed by atoms with E-state index in [1.54, 1.807) is 0 Å². The Bertz CT molecular complexity index is 771. The maximum absolute atomic E-state index is 12.5. The van der Waals surface area contributed by atoms with Gasteiger partial charge in [-0.25, -0.2) is 4.79 Å². The third kappa shape index (κ3) is 12.0. The van der Waals surface area contributed by atoms with Crippen LogP contribution in [0.25, 0.3) is 0 Å². The van der Waals surface area contributed by atoms with Crippen LogP contribution in [0.4, 0.5) is 0 Å². The number of carboxylic acid groups (broad SMARTS) is 4. The van der Waals surface area contributed by atoms with Gasteiger partial charge in [-0.3, -0.25) is 28.8 Å². The molecule has 0 bridgehead atoms. The molecular formula is C17H26N4O12. The first kappa shape index (κ1) is 29.2. The van der Waals surface area contributed by atoms with E-state index >= 15 is 0 Å². The summed E-state index contributed by atoms with van der Waals surface area (Å²) in [7, 11) is 0. The lowest BCUT2D eigenvalue weighted by Crippen LogP contribution is -2.57. The third-order valence-electron chi connectivity index (χ3n) is 4.09. The number of nitrogens with one attached hydrogen (secondary N) is 3. The smallest absolute Gasteiger partial charge is 0.326 e. The molecule has 16 nitrogen and oxygen atoms in total. The van der Waals surface area contributed by atoms with E-state index in [4.69, 9.17) is 31.3 Å². The highest BCUT2D eigenvalue weighted by atomic mass is 16.4. The van der Waals surface area contributed by atoms with E-state index in [0.717, 1.165) is 0 Å². The van der Waals surface area contributed by atoms with Crippen LogP contribution in [0.3, 0.4) is 0 Å². The molecule has 0 rings (SSSR count). The Hall–Kier alpha value is -3.79. The Morgan fingerprint density at radius 2 is 1.06 bits per heavy atom. The lowest BCUT2D eigenvalue weighted by molar-refractivity contribution is -0.144. The number of carbonyl (C=O) groups is 7. The van der Waals surface area contributed by atoms with Crippen molar-refractivity contribution in [3.8, 4) is 0 Å². The Balaban J connectivity index is 5.53. The van der Waals surface area contributed by atoms with Gasteiger partial charge in [0.15, 0.2) is 0 Å². The normalized spacial score (nSPS) is 14.1. The zero-order chi connectivity index (χ0) is 25.7. The summed E-state index contributed by atoms with van der Waals surface area (Å²) in [6.07, 6.45) is -3.26. The molecule has 4 atom stereocenters. The van der Waals surface area contributed by atoms with Crippen LogP contribution < -0.4 is 21.7 Å². The molecule has 0 aromatic carbocycles. The lowest BCUT2D eigenvalue weighted by Gasteiger charge is -2.24. The van der Waals surface area contributed by atoms with Crippen LogP contribution in [0.5, 0.6) is 0 Å². The van der Waals surface area contributed by atoms with Gasteiger partial charge in [-0.2, -0.15) is 0 Å². The van der Waals surface area contributed by atoms with Crippen molar-refractivity contribution in [1.29, 1.82) is 0 Å². The number of hydrogen-bond donors (Lipinski definition) is 9. The summed E-state index contributed by atoms with van der Waals surface area (Å²) < 4.78 is 0. The molecule has 3 amide bonds. The predicted molar refractivity (Wildman–Crippen MR) is 104 cm³/mol. The summed E-state index contributed by atoms with van der Waals surface area (Å²) in [5, 5.41) is 50.5. The van der Waals surface area contributed by atoms with Gasteiger partial charge in [0.05, 0.1) is 13.0 Å². The van der Waals surface area contributed by atoms with Gasteiger partial charge in [0.25, 0.3) is 0 Å². The number of rotatable bonds is 16. The van der Waals surface area contributed by atoms with Gasteiger partial charge in [0.2, 0.25) is 17.7 Å². The van der Waals surface area contributed by atoms with Gasteiger partial charge in [0.1, 0.15) is 24.2 Å². The van der Waals surface area contributed by atoms with Crippen molar-refractivity contribution in [3.63, 3.8) is 0 Å². The van der Waals surface area contributed by atoms with Gasteiger partial charge in [-0.1, -0.05) is 0 Å². The minimum Gasteiger partial charge on any atom is -0.481 e. The summed E-state index contributed by atoms with van der Waals surface area (Å²) in [6.45, 7) is -0.796. The molecule has 186 valence electrons. The maximum atomic E-state index is 12.5. The van der Waals surface area contributed by atoms with Crippen molar-refractivity contribution in [2.45, 2.75) is 56.3 Å². The molecule has 0 aliphatic carbocycles. The Morgan fingerprint density at radius 3 is 1.48 bits per heavy atom. The zero-order valence-corrected chi connectivity index (χ0v) is 17.2. The van der Waals surface area contributed by atoms with Gasteiger partial charge in [0, 0.05) is 12.8 Å². The monoisotopic (exact) mass is 478 g/mol. The van der Waals surface area contributed by atoms with Crippen molar-refractivity contribution in [1.82, 2.24) is 16.0 Å². The largest absolute Gasteiger partial charge is 0.481 e. The van der Waals surface area contributed by atoms with Gasteiger partial charge in [-0.15, -0.1) is 0 Å². The number of aliphatic hydroxyl groups excluding tert-OH is 1. The quantitative estimate of drug-likeness (QED) is 0.102. The van der Waals surface area contributed by atoms with E-state index in [-0.39, 0.29) is 0 Å². The molecule has 0 heterocycles. The summed E-state index contributed by atoms with van der Waals surface area (Å²) in [4.78, 5) is 80.6. The van der Waals surface area contributed by atoms with E-state index in [0.29, 0.717) is 0 Å². The molecule has 0 saturated heterocycles. The second-order valence-electron chi connectivity index (χ2n) is 6.77. The topological polar surface area (TPSA) is 283 Å². The number of aliphatic hydroxyl groups is 1. The summed E-state index contributed by atoms with van der Waals surface area (Å²) in [5.74, 6) is -9.31. The second-order valence-corrected chi connectivity index (χ2v) is 6.77. The third-order valence-corrected chi connectivity index (χ3v) is 4.09. The van der Waals surface area contributed by atoms with E-state index in [1.807, 2.05) is 10.6 Å². The maximum Gasteiger partial charge on any atom is 0.326 e. The highest BCUT2D eigenvalue weighted by Gasteiger charge is 2.32. The number of amides is 3. The number of carbonyl (C=O) groups excluding carboxylic acids is 3. The summed E-state index contributed by atoms with van der Waals surface area (Å²) >= 11 is 0. The van der Waals surface area contributed by atoms with Crippen molar-refractivity contribution in [3.05, 3.63) is 0 Å². The second kappa shape index (κ2) is 14.3. The lowest BCUT2D eigenvalue weighted by atomic mass is 10.1. The average molecular weight is 478 g/mol. The molecule has 10 N–H and O–H groups in total. The first-order valence-corrected chi connectivity index (χ1v) is 9.44. The highest BCUT2D eigenvalue weighted by molar-refractivity contribution is 5.95. The molecule has 4 unspecified atom stereocenters. The average Bonchev–Trinajstić information content (AvgIpc) is 2.71. The van der Waals surface area contributed by atoms with Crippen LogP contribution in [-0.4, -0.2) is 97.9 Å². The summed E-state index contributed by atoms with van der Waals surface area (Å²) in [5.41, 5.74) is 5.32. The number of nitrogens with two attached hydrogens (primary N) is 1.